The lowest BCUT2D eigenvalue weighted by Crippen LogP contribution is -2.27. The van der Waals surface area contributed by atoms with Gasteiger partial charge in [-0.1, -0.05) is 12.1 Å². The van der Waals surface area contributed by atoms with Gasteiger partial charge in [-0.2, -0.15) is 0 Å². The van der Waals surface area contributed by atoms with Gasteiger partial charge in [-0.15, -0.1) is 0 Å². The highest BCUT2D eigenvalue weighted by Crippen LogP contribution is 2.27. The average molecular weight is 186 g/mol. The van der Waals surface area contributed by atoms with E-state index in [0.29, 0.717) is 6.04 Å². The SMILES string of the molecule is N[C@H]1CCc2c(ccc3cc[nH]c23)C1. The van der Waals surface area contributed by atoms with Crippen LogP contribution < -0.4 is 5.73 Å². The molecule has 2 heteroatoms. The molecular formula is C12H14N2. The van der Waals surface area contributed by atoms with Crippen molar-refractivity contribution in [2.75, 3.05) is 0 Å². The Labute approximate surface area is 83.1 Å². The number of nitrogens with one attached hydrogen (secondary N) is 1. The molecule has 0 saturated carbocycles. The Hall–Kier alpha value is -1.28. The number of nitrogens with two attached hydrogens (primary N) is 1. The van der Waals surface area contributed by atoms with Crippen molar-refractivity contribution in [2.24, 2.45) is 5.73 Å². The maximum Gasteiger partial charge on any atom is 0.0489 e. The van der Waals surface area contributed by atoms with E-state index >= 15 is 0 Å². The largest absolute Gasteiger partial charge is 0.361 e. The molecule has 3 rings (SSSR count). The third kappa shape index (κ3) is 1.07. The molecule has 3 N–H and O–H groups in total. The van der Waals surface area contributed by atoms with Gasteiger partial charge in [-0.05, 0) is 41.8 Å². The Bertz CT molecular complexity index is 470. The summed E-state index contributed by atoms with van der Waals surface area (Å²) in [6.45, 7) is 0. The van der Waals surface area contributed by atoms with Crippen LogP contribution in [0.1, 0.15) is 17.5 Å². The number of rotatable bonds is 0. The van der Waals surface area contributed by atoms with Crippen LogP contribution in [0.3, 0.4) is 0 Å². The summed E-state index contributed by atoms with van der Waals surface area (Å²) < 4.78 is 0. The molecule has 2 nitrogen and oxygen atoms in total. The summed E-state index contributed by atoms with van der Waals surface area (Å²) in [6, 6.07) is 6.90. The lowest BCUT2D eigenvalue weighted by Gasteiger charge is -2.21. The van der Waals surface area contributed by atoms with Crippen LogP contribution in [0.5, 0.6) is 0 Å². The molecule has 72 valence electrons. The van der Waals surface area contributed by atoms with Gasteiger partial charge in [-0.25, -0.2) is 0 Å². The van der Waals surface area contributed by atoms with Crippen LogP contribution in [0, 0.1) is 0 Å². The smallest absolute Gasteiger partial charge is 0.0489 e. The Morgan fingerprint density at radius 2 is 2.21 bits per heavy atom. The second-order valence-corrected chi connectivity index (χ2v) is 4.15. The molecule has 1 heterocycles. The van der Waals surface area contributed by atoms with E-state index in [4.69, 9.17) is 5.73 Å². The zero-order valence-corrected chi connectivity index (χ0v) is 8.09. The number of H-pyrrole nitrogens is 1. The van der Waals surface area contributed by atoms with Crippen molar-refractivity contribution in [3.63, 3.8) is 0 Å². The van der Waals surface area contributed by atoms with Gasteiger partial charge in [-0.3, -0.25) is 0 Å². The first-order valence-corrected chi connectivity index (χ1v) is 5.18. The van der Waals surface area contributed by atoms with E-state index in [2.05, 4.69) is 23.2 Å². The molecule has 0 aliphatic heterocycles. The van der Waals surface area contributed by atoms with Crippen LogP contribution in [0.2, 0.25) is 0 Å². The van der Waals surface area contributed by atoms with E-state index in [1.165, 1.54) is 22.0 Å². The van der Waals surface area contributed by atoms with Crippen LogP contribution in [0.25, 0.3) is 10.9 Å². The van der Waals surface area contributed by atoms with Crippen molar-refractivity contribution in [1.29, 1.82) is 0 Å². The van der Waals surface area contributed by atoms with E-state index in [1.54, 1.807) is 0 Å². The molecule has 0 unspecified atom stereocenters. The predicted molar refractivity (Wildman–Crippen MR) is 58.3 cm³/mol. The normalized spacial score (nSPS) is 21.1. The topological polar surface area (TPSA) is 41.8 Å². The highest BCUT2D eigenvalue weighted by atomic mass is 14.7. The first-order valence-electron chi connectivity index (χ1n) is 5.18. The van der Waals surface area contributed by atoms with Crippen molar-refractivity contribution in [1.82, 2.24) is 4.98 Å². The molecule has 1 aliphatic rings. The lowest BCUT2D eigenvalue weighted by atomic mass is 9.87. The fourth-order valence-electron chi connectivity index (χ4n) is 2.42. The third-order valence-electron chi connectivity index (χ3n) is 3.18. The summed E-state index contributed by atoms with van der Waals surface area (Å²) in [5.74, 6) is 0. The van der Waals surface area contributed by atoms with Gasteiger partial charge < -0.3 is 10.7 Å². The number of hydrogen-bond donors (Lipinski definition) is 2. The minimum absolute atomic E-state index is 0.356. The number of hydrogen-bond acceptors (Lipinski definition) is 1. The molecule has 0 bridgehead atoms. The molecule has 1 atom stereocenters. The van der Waals surface area contributed by atoms with Gasteiger partial charge in [0.05, 0.1) is 0 Å². The summed E-state index contributed by atoms with van der Waals surface area (Å²) in [6.07, 6.45) is 5.28. The maximum atomic E-state index is 5.96. The number of aromatic nitrogens is 1. The van der Waals surface area contributed by atoms with E-state index in [-0.39, 0.29) is 0 Å². The Morgan fingerprint density at radius 3 is 3.14 bits per heavy atom. The Kier molecular flexibility index (Phi) is 1.64. The van der Waals surface area contributed by atoms with Crippen LogP contribution >= 0.6 is 0 Å². The highest BCUT2D eigenvalue weighted by Gasteiger charge is 2.17. The van der Waals surface area contributed by atoms with E-state index < -0.39 is 0 Å². The summed E-state index contributed by atoms with van der Waals surface area (Å²) in [5.41, 5.74) is 10.2. The molecule has 2 aromatic rings. The summed E-state index contributed by atoms with van der Waals surface area (Å²) >= 11 is 0. The first-order chi connectivity index (χ1) is 6.84. The van der Waals surface area contributed by atoms with E-state index in [0.717, 1.165) is 19.3 Å². The molecule has 0 spiro atoms. The van der Waals surface area contributed by atoms with E-state index in [9.17, 15) is 0 Å². The minimum atomic E-state index is 0.356. The second-order valence-electron chi connectivity index (χ2n) is 4.15. The third-order valence-corrected chi connectivity index (χ3v) is 3.18. The molecule has 0 radical (unpaired) electrons. The monoisotopic (exact) mass is 186 g/mol. The maximum absolute atomic E-state index is 5.96. The Balaban J connectivity index is 2.24. The molecular weight excluding hydrogens is 172 g/mol. The molecule has 1 aromatic carbocycles. The molecule has 14 heavy (non-hydrogen) atoms. The average Bonchev–Trinajstić information content (AvgIpc) is 2.65. The molecule has 0 fully saturated rings. The first kappa shape index (κ1) is 8.06. The van der Waals surface area contributed by atoms with Crippen LogP contribution in [0.15, 0.2) is 24.4 Å². The van der Waals surface area contributed by atoms with Crippen molar-refractivity contribution in [3.05, 3.63) is 35.5 Å². The molecule has 1 aliphatic carbocycles. The summed E-state index contributed by atoms with van der Waals surface area (Å²) in [5, 5.41) is 1.32. The quantitative estimate of drug-likeness (QED) is 0.649. The van der Waals surface area contributed by atoms with Gasteiger partial charge in [0.1, 0.15) is 0 Å². The molecule has 0 saturated heterocycles. The number of aryl methyl sites for hydroxylation is 1. The molecule has 1 aromatic heterocycles. The van der Waals surface area contributed by atoms with Gasteiger partial charge >= 0.3 is 0 Å². The summed E-state index contributed by atoms with van der Waals surface area (Å²) in [4.78, 5) is 3.32. The van der Waals surface area contributed by atoms with Crippen molar-refractivity contribution >= 4 is 10.9 Å². The fourth-order valence-corrected chi connectivity index (χ4v) is 2.42. The lowest BCUT2D eigenvalue weighted by molar-refractivity contribution is 0.579. The highest BCUT2D eigenvalue weighted by molar-refractivity contribution is 5.84. The van der Waals surface area contributed by atoms with Crippen LogP contribution in [-0.2, 0) is 12.8 Å². The summed E-state index contributed by atoms with van der Waals surface area (Å²) in [7, 11) is 0. The van der Waals surface area contributed by atoms with Crippen molar-refractivity contribution in [3.8, 4) is 0 Å². The standard InChI is InChI=1S/C12H14N2/c13-10-3-4-11-9(7-10)2-1-8-5-6-14-12(8)11/h1-2,5-6,10,14H,3-4,7,13H2/t10-/m0/s1. The minimum Gasteiger partial charge on any atom is -0.361 e. The van der Waals surface area contributed by atoms with Gasteiger partial charge in [0.25, 0.3) is 0 Å². The predicted octanol–water partition coefficient (Wildman–Crippen LogP) is 1.98. The van der Waals surface area contributed by atoms with Crippen LogP contribution in [0.4, 0.5) is 0 Å². The fraction of sp³-hybridized carbons (Fsp3) is 0.333. The van der Waals surface area contributed by atoms with Gasteiger partial charge in [0.15, 0.2) is 0 Å². The number of benzene rings is 1. The van der Waals surface area contributed by atoms with Crippen molar-refractivity contribution in [2.45, 2.75) is 25.3 Å². The van der Waals surface area contributed by atoms with Crippen LogP contribution in [-0.4, -0.2) is 11.0 Å². The van der Waals surface area contributed by atoms with Gasteiger partial charge in [0, 0.05) is 17.8 Å². The van der Waals surface area contributed by atoms with E-state index in [1.807, 2.05) is 6.20 Å². The Morgan fingerprint density at radius 1 is 1.29 bits per heavy atom. The zero-order valence-electron chi connectivity index (χ0n) is 8.09. The number of fused-ring (bicyclic) bond motifs is 3. The second kappa shape index (κ2) is 2.85. The van der Waals surface area contributed by atoms with Gasteiger partial charge in [0.2, 0.25) is 0 Å². The number of aromatic amines is 1. The molecule has 0 amide bonds. The zero-order chi connectivity index (χ0) is 9.54. The van der Waals surface area contributed by atoms with Crippen molar-refractivity contribution < 1.29 is 0 Å².